The van der Waals surface area contributed by atoms with Gasteiger partial charge in [-0.15, -0.1) is 0 Å². The second-order valence-corrected chi connectivity index (χ2v) is 4.69. The van der Waals surface area contributed by atoms with Gasteiger partial charge in [0.25, 0.3) is 0 Å². The highest BCUT2D eigenvalue weighted by molar-refractivity contribution is 5.78. The monoisotopic (exact) mass is 248 g/mol. The molecule has 0 aliphatic rings. The molecule has 0 saturated heterocycles. The fourth-order valence-electron chi connectivity index (χ4n) is 1.83. The van der Waals surface area contributed by atoms with Crippen molar-refractivity contribution in [3.63, 3.8) is 0 Å². The number of carbonyl (C=O) groups excluding carboxylic acids is 1. The SMILES string of the molecule is CCc1ccc(CCNC(=O)C(C)CCN)cc1. The summed E-state index contributed by atoms with van der Waals surface area (Å²) in [5.74, 6) is 0.114. The highest BCUT2D eigenvalue weighted by Gasteiger charge is 2.10. The summed E-state index contributed by atoms with van der Waals surface area (Å²) >= 11 is 0. The van der Waals surface area contributed by atoms with E-state index in [1.165, 1.54) is 11.1 Å². The minimum atomic E-state index is 0.0115. The van der Waals surface area contributed by atoms with Crippen LogP contribution < -0.4 is 11.1 Å². The van der Waals surface area contributed by atoms with Gasteiger partial charge in [-0.25, -0.2) is 0 Å². The number of hydrogen-bond acceptors (Lipinski definition) is 2. The second-order valence-electron chi connectivity index (χ2n) is 4.69. The van der Waals surface area contributed by atoms with E-state index in [-0.39, 0.29) is 11.8 Å². The van der Waals surface area contributed by atoms with Gasteiger partial charge in [-0.2, -0.15) is 0 Å². The molecule has 1 rings (SSSR count). The van der Waals surface area contributed by atoms with Crippen LogP contribution in [0.1, 0.15) is 31.4 Å². The molecule has 1 aromatic carbocycles. The van der Waals surface area contributed by atoms with E-state index < -0.39 is 0 Å². The number of carbonyl (C=O) groups is 1. The Bertz CT molecular complexity index is 359. The number of aryl methyl sites for hydroxylation is 1. The maximum Gasteiger partial charge on any atom is 0.222 e. The number of benzene rings is 1. The first-order valence-corrected chi connectivity index (χ1v) is 6.73. The van der Waals surface area contributed by atoms with Gasteiger partial charge in [-0.3, -0.25) is 4.79 Å². The molecule has 100 valence electrons. The Labute approximate surface area is 110 Å². The van der Waals surface area contributed by atoms with Gasteiger partial charge in [-0.05, 0) is 36.9 Å². The van der Waals surface area contributed by atoms with Crippen LogP contribution in [-0.2, 0) is 17.6 Å². The minimum Gasteiger partial charge on any atom is -0.356 e. The van der Waals surface area contributed by atoms with E-state index in [1.54, 1.807) is 0 Å². The Morgan fingerprint density at radius 3 is 2.44 bits per heavy atom. The van der Waals surface area contributed by atoms with Crippen LogP contribution in [0.25, 0.3) is 0 Å². The molecule has 0 spiro atoms. The molecule has 18 heavy (non-hydrogen) atoms. The van der Waals surface area contributed by atoms with Crippen molar-refractivity contribution in [1.82, 2.24) is 5.32 Å². The average molecular weight is 248 g/mol. The van der Waals surface area contributed by atoms with E-state index >= 15 is 0 Å². The van der Waals surface area contributed by atoms with Crippen molar-refractivity contribution >= 4 is 5.91 Å². The summed E-state index contributed by atoms with van der Waals surface area (Å²) in [7, 11) is 0. The summed E-state index contributed by atoms with van der Waals surface area (Å²) < 4.78 is 0. The molecule has 3 nitrogen and oxygen atoms in total. The van der Waals surface area contributed by atoms with Gasteiger partial charge >= 0.3 is 0 Å². The molecule has 0 radical (unpaired) electrons. The topological polar surface area (TPSA) is 55.1 Å². The third-order valence-corrected chi connectivity index (χ3v) is 3.19. The molecular weight excluding hydrogens is 224 g/mol. The van der Waals surface area contributed by atoms with E-state index in [0.29, 0.717) is 13.1 Å². The third kappa shape index (κ3) is 4.88. The molecule has 0 fully saturated rings. The van der Waals surface area contributed by atoms with Crippen molar-refractivity contribution in [2.45, 2.75) is 33.1 Å². The fourth-order valence-corrected chi connectivity index (χ4v) is 1.83. The fraction of sp³-hybridized carbons (Fsp3) is 0.533. The number of nitrogens with one attached hydrogen (secondary N) is 1. The Kier molecular flexibility index (Phi) is 6.44. The van der Waals surface area contributed by atoms with Crippen LogP contribution in [0.15, 0.2) is 24.3 Å². The predicted octanol–water partition coefficient (Wildman–Crippen LogP) is 1.89. The van der Waals surface area contributed by atoms with Crippen LogP contribution in [0, 0.1) is 5.92 Å². The lowest BCUT2D eigenvalue weighted by molar-refractivity contribution is -0.124. The zero-order chi connectivity index (χ0) is 13.4. The average Bonchev–Trinajstić information content (AvgIpc) is 2.39. The van der Waals surface area contributed by atoms with Gasteiger partial charge < -0.3 is 11.1 Å². The van der Waals surface area contributed by atoms with Gasteiger partial charge in [0, 0.05) is 12.5 Å². The maximum atomic E-state index is 11.7. The Balaban J connectivity index is 2.30. The first kappa shape index (κ1) is 14.7. The van der Waals surface area contributed by atoms with Crippen molar-refractivity contribution in [3.05, 3.63) is 35.4 Å². The highest BCUT2D eigenvalue weighted by atomic mass is 16.1. The van der Waals surface area contributed by atoms with Crippen LogP contribution >= 0.6 is 0 Å². The second kappa shape index (κ2) is 7.88. The van der Waals surface area contributed by atoms with Gasteiger partial charge in [0.2, 0.25) is 5.91 Å². The Hall–Kier alpha value is -1.35. The third-order valence-electron chi connectivity index (χ3n) is 3.19. The molecule has 1 aromatic rings. The van der Waals surface area contributed by atoms with E-state index in [9.17, 15) is 4.79 Å². The summed E-state index contributed by atoms with van der Waals surface area (Å²) in [5, 5.41) is 2.95. The smallest absolute Gasteiger partial charge is 0.222 e. The maximum absolute atomic E-state index is 11.7. The van der Waals surface area contributed by atoms with E-state index in [2.05, 4.69) is 36.5 Å². The van der Waals surface area contributed by atoms with Crippen molar-refractivity contribution in [2.24, 2.45) is 11.7 Å². The zero-order valence-corrected chi connectivity index (χ0v) is 11.4. The Morgan fingerprint density at radius 2 is 1.89 bits per heavy atom. The van der Waals surface area contributed by atoms with E-state index in [1.807, 2.05) is 6.92 Å². The van der Waals surface area contributed by atoms with Crippen LogP contribution in [0.2, 0.25) is 0 Å². The molecule has 0 aromatic heterocycles. The van der Waals surface area contributed by atoms with Gasteiger partial charge in [0.05, 0.1) is 0 Å². The quantitative estimate of drug-likeness (QED) is 0.774. The first-order chi connectivity index (χ1) is 8.67. The molecule has 0 heterocycles. The lowest BCUT2D eigenvalue weighted by Gasteiger charge is -2.11. The number of nitrogens with two attached hydrogens (primary N) is 1. The first-order valence-electron chi connectivity index (χ1n) is 6.73. The molecule has 0 saturated carbocycles. The molecular formula is C15H24N2O. The van der Waals surface area contributed by atoms with Crippen molar-refractivity contribution in [1.29, 1.82) is 0 Å². The predicted molar refractivity (Wildman–Crippen MR) is 75.4 cm³/mol. The summed E-state index contributed by atoms with van der Waals surface area (Å²) in [5.41, 5.74) is 8.04. The van der Waals surface area contributed by atoms with Gasteiger partial charge in [0.15, 0.2) is 0 Å². The number of rotatable bonds is 7. The van der Waals surface area contributed by atoms with Crippen molar-refractivity contribution < 1.29 is 4.79 Å². The molecule has 1 unspecified atom stereocenters. The largest absolute Gasteiger partial charge is 0.356 e. The lowest BCUT2D eigenvalue weighted by Crippen LogP contribution is -2.31. The number of hydrogen-bond donors (Lipinski definition) is 2. The number of amides is 1. The molecule has 3 N–H and O–H groups in total. The summed E-state index contributed by atoms with van der Waals surface area (Å²) in [6.07, 6.45) is 2.69. The molecule has 1 amide bonds. The van der Waals surface area contributed by atoms with Crippen LogP contribution in [0.4, 0.5) is 0 Å². The highest BCUT2D eigenvalue weighted by Crippen LogP contribution is 2.05. The van der Waals surface area contributed by atoms with E-state index in [4.69, 9.17) is 5.73 Å². The molecule has 0 aliphatic carbocycles. The van der Waals surface area contributed by atoms with Gasteiger partial charge in [0.1, 0.15) is 0 Å². The summed E-state index contributed by atoms with van der Waals surface area (Å²) in [6, 6.07) is 8.56. The van der Waals surface area contributed by atoms with Crippen LogP contribution in [-0.4, -0.2) is 19.0 Å². The molecule has 0 aliphatic heterocycles. The summed E-state index contributed by atoms with van der Waals surface area (Å²) in [4.78, 5) is 11.7. The molecule has 1 atom stereocenters. The lowest BCUT2D eigenvalue weighted by atomic mass is 10.1. The van der Waals surface area contributed by atoms with Crippen molar-refractivity contribution in [3.8, 4) is 0 Å². The standard InChI is InChI=1S/C15H24N2O/c1-3-13-4-6-14(7-5-13)9-11-17-15(18)12(2)8-10-16/h4-7,12H,3,8-11,16H2,1-2H3,(H,17,18). The molecule has 0 bridgehead atoms. The normalized spacial score (nSPS) is 12.2. The van der Waals surface area contributed by atoms with Crippen LogP contribution in [0.3, 0.4) is 0 Å². The molecule has 3 heteroatoms. The zero-order valence-electron chi connectivity index (χ0n) is 11.4. The minimum absolute atomic E-state index is 0.0115. The van der Waals surface area contributed by atoms with E-state index in [0.717, 1.165) is 19.3 Å². The van der Waals surface area contributed by atoms with Crippen molar-refractivity contribution in [2.75, 3.05) is 13.1 Å². The van der Waals surface area contributed by atoms with Crippen LogP contribution in [0.5, 0.6) is 0 Å². The Morgan fingerprint density at radius 1 is 1.28 bits per heavy atom. The van der Waals surface area contributed by atoms with Gasteiger partial charge in [-0.1, -0.05) is 38.1 Å². The summed E-state index contributed by atoms with van der Waals surface area (Å²) in [6.45, 7) is 5.32.